The smallest absolute Gasteiger partial charge is 0.416 e. The van der Waals surface area contributed by atoms with Gasteiger partial charge in [-0.3, -0.25) is 0 Å². The molecule has 4 heterocycles. The number of hydrogen-bond acceptors (Lipinski definition) is 15. The number of halogens is 8. The van der Waals surface area contributed by atoms with Gasteiger partial charge in [-0.05, 0) is 144 Å². The minimum Gasteiger partial charge on any atom is -0.455 e. The molecule has 4 aromatic heterocycles. The number of alkyl halides is 6. The summed E-state index contributed by atoms with van der Waals surface area (Å²) in [6.07, 6.45) is -0.0276. The summed E-state index contributed by atoms with van der Waals surface area (Å²) in [4.78, 5) is -0.308. The fourth-order valence-corrected chi connectivity index (χ4v) is 11.1. The first-order valence-corrected chi connectivity index (χ1v) is 28.5. The maximum absolute atomic E-state index is 13.4. The number of hydrogen-bond donors (Lipinski definition) is 0. The number of rotatable bonds is 17. The van der Waals surface area contributed by atoms with Crippen molar-refractivity contribution in [1.82, 2.24) is 40.4 Å². The third-order valence-electron chi connectivity index (χ3n) is 12.3. The van der Waals surface area contributed by atoms with Gasteiger partial charge in [-0.2, -0.15) is 65.4 Å². The molecule has 28 heteroatoms. The van der Waals surface area contributed by atoms with E-state index in [1.54, 1.807) is 60.7 Å². The van der Waals surface area contributed by atoms with Crippen molar-refractivity contribution >= 4 is 49.1 Å². The SMILES string of the molecule is COCN(c1cccnn1)S(=O)(=O)c1ccc(Oc2ccc(-c3ccc(C(F)(F)F)cc3)cc2-c2ccnnc2)c(Cl)c1.COCn1ncccc1=NS(=O)(=O)c1ccc(Oc2ccc(-c3ccc(C(F)(F)F)cc3)cc2-c2ccnnc2)c(Cl)c1. The van der Waals surface area contributed by atoms with Crippen LogP contribution in [0.1, 0.15) is 11.1 Å². The molecule has 0 saturated heterocycles. The number of anilines is 1. The van der Waals surface area contributed by atoms with E-state index in [-0.39, 0.29) is 56.1 Å². The molecule has 0 atom stereocenters. The molecular formula is C58H42Cl2F6N10O8S2. The van der Waals surface area contributed by atoms with Gasteiger partial charge in [0.25, 0.3) is 20.0 Å². The third kappa shape index (κ3) is 14.7. The maximum atomic E-state index is 13.4. The van der Waals surface area contributed by atoms with E-state index in [0.29, 0.717) is 56.0 Å². The molecule has 0 radical (unpaired) electrons. The van der Waals surface area contributed by atoms with Crippen LogP contribution in [0.4, 0.5) is 32.2 Å². The summed E-state index contributed by atoms with van der Waals surface area (Å²) in [5, 5.41) is 27.1. The van der Waals surface area contributed by atoms with Gasteiger partial charge in [-0.15, -0.1) is 9.50 Å². The van der Waals surface area contributed by atoms with Gasteiger partial charge in [-0.1, -0.05) is 59.6 Å². The van der Waals surface area contributed by atoms with Crippen molar-refractivity contribution in [3.8, 4) is 67.5 Å². The summed E-state index contributed by atoms with van der Waals surface area (Å²) in [6.45, 7) is -0.318. The van der Waals surface area contributed by atoms with Crippen molar-refractivity contribution in [3.63, 3.8) is 0 Å². The highest BCUT2D eigenvalue weighted by atomic mass is 35.5. The second-order valence-electron chi connectivity index (χ2n) is 17.9. The number of nitrogens with zero attached hydrogens (tertiary/aromatic N) is 10. The zero-order valence-electron chi connectivity index (χ0n) is 44.5. The van der Waals surface area contributed by atoms with Crippen molar-refractivity contribution in [2.75, 3.05) is 25.3 Å². The molecule has 0 amide bonds. The summed E-state index contributed by atoms with van der Waals surface area (Å²) < 4.78 is 160. The molecule has 0 unspecified atom stereocenters. The maximum Gasteiger partial charge on any atom is 0.416 e. The molecule has 0 aliphatic heterocycles. The van der Waals surface area contributed by atoms with E-state index in [1.807, 2.05) is 0 Å². The Morgan fingerprint density at radius 2 is 1.00 bits per heavy atom. The molecule has 0 N–H and O–H groups in total. The minimum atomic E-state index is -4.45. The van der Waals surface area contributed by atoms with Crippen LogP contribution in [-0.2, 0) is 48.6 Å². The number of sulfonamides is 2. The highest BCUT2D eigenvalue weighted by Crippen LogP contribution is 2.42. The molecule has 10 rings (SSSR count). The Balaban J connectivity index is 0.000000205. The molecule has 18 nitrogen and oxygen atoms in total. The van der Waals surface area contributed by atoms with Crippen LogP contribution in [0, 0.1) is 0 Å². The molecular weight excluding hydrogens is 1210 g/mol. The lowest BCUT2D eigenvalue weighted by Gasteiger charge is -2.22. The second-order valence-corrected chi connectivity index (χ2v) is 22.2. The fourth-order valence-electron chi connectivity index (χ4n) is 8.14. The molecule has 86 heavy (non-hydrogen) atoms. The first-order valence-electron chi connectivity index (χ1n) is 24.9. The number of methoxy groups -OCH3 is 2. The molecule has 0 saturated carbocycles. The molecule has 0 spiro atoms. The first-order chi connectivity index (χ1) is 41.1. The van der Waals surface area contributed by atoms with Gasteiger partial charge >= 0.3 is 12.4 Å². The van der Waals surface area contributed by atoms with Gasteiger partial charge < -0.3 is 18.9 Å². The van der Waals surface area contributed by atoms with Gasteiger partial charge in [0.05, 0.1) is 55.8 Å². The van der Waals surface area contributed by atoms with Crippen LogP contribution in [0.2, 0.25) is 10.0 Å². The third-order valence-corrected chi connectivity index (χ3v) is 15.9. The van der Waals surface area contributed by atoms with Gasteiger partial charge in [-0.25, -0.2) is 17.4 Å². The van der Waals surface area contributed by atoms with Crippen LogP contribution >= 0.6 is 23.2 Å². The monoisotopic (exact) mass is 1250 g/mol. The van der Waals surface area contributed by atoms with Gasteiger partial charge in [0.2, 0.25) is 0 Å². The summed E-state index contributed by atoms with van der Waals surface area (Å²) >= 11 is 13.0. The molecule has 6 aromatic carbocycles. The minimum absolute atomic E-state index is 0.00199. The predicted molar refractivity (Wildman–Crippen MR) is 304 cm³/mol. The fraction of sp³-hybridized carbons (Fsp3) is 0.103. The standard InChI is InChI=1S/2C29H21ClF3N5O4S/c1-41-18-38-28(3-2-13-36-38)37-43(39,40)23-9-11-27(25(30)16-23)42-26-10-6-20(15-24(26)21-12-14-34-35-17-21)19-4-7-22(8-5-19)29(31,32)33;1-41-18-38(28-3-2-13-35-37-28)43(39,40)23-9-11-27(25(30)16-23)42-26-10-6-20(15-24(26)21-12-14-34-36-17-21)19-4-7-22(8-5-19)29(31,32)33/h2*2-17H,18H2,1H3. The lowest BCUT2D eigenvalue weighted by Crippen LogP contribution is -2.33. The summed E-state index contributed by atoms with van der Waals surface area (Å²) in [7, 11) is -5.54. The lowest BCUT2D eigenvalue weighted by molar-refractivity contribution is -0.138. The van der Waals surface area contributed by atoms with E-state index >= 15 is 0 Å². The normalized spacial score (nSPS) is 12.0. The highest BCUT2D eigenvalue weighted by Gasteiger charge is 2.32. The van der Waals surface area contributed by atoms with E-state index in [1.165, 1.54) is 129 Å². The second kappa shape index (κ2) is 26.4. The van der Waals surface area contributed by atoms with Crippen molar-refractivity contribution in [2.45, 2.75) is 28.9 Å². The Bertz CT molecular complexity index is 4320. The number of ether oxygens (including phenoxy) is 4. The molecule has 0 aliphatic rings. The van der Waals surface area contributed by atoms with Crippen LogP contribution in [0.15, 0.2) is 209 Å². The molecule has 0 aliphatic carbocycles. The van der Waals surface area contributed by atoms with Crippen LogP contribution in [-0.4, -0.2) is 78.2 Å². The van der Waals surface area contributed by atoms with Crippen molar-refractivity contribution in [2.24, 2.45) is 4.40 Å². The van der Waals surface area contributed by atoms with Crippen molar-refractivity contribution in [3.05, 3.63) is 222 Å². The van der Waals surface area contributed by atoms with Crippen molar-refractivity contribution in [1.29, 1.82) is 0 Å². The molecule has 0 fully saturated rings. The summed E-state index contributed by atoms with van der Waals surface area (Å²) in [6, 6.07) is 37.1. The van der Waals surface area contributed by atoms with E-state index in [2.05, 4.69) is 40.1 Å². The van der Waals surface area contributed by atoms with Crippen LogP contribution in [0.5, 0.6) is 23.0 Å². The van der Waals surface area contributed by atoms with Crippen LogP contribution < -0.4 is 19.3 Å². The topological polar surface area (TPSA) is 216 Å². The zero-order valence-corrected chi connectivity index (χ0v) is 47.6. The quantitative estimate of drug-likeness (QED) is 0.0612. The Hall–Kier alpha value is -9.18. The molecule has 0 bridgehead atoms. The van der Waals surface area contributed by atoms with Gasteiger partial charge in [0.1, 0.15) is 36.5 Å². The Kier molecular flexibility index (Phi) is 18.8. The average molecular weight is 1260 g/mol. The summed E-state index contributed by atoms with van der Waals surface area (Å²) in [5.41, 5.74) is 3.26. The first kappa shape index (κ1) is 61.4. The van der Waals surface area contributed by atoms with E-state index in [4.69, 9.17) is 42.1 Å². The predicted octanol–water partition coefficient (Wildman–Crippen LogP) is 13.2. The van der Waals surface area contributed by atoms with Crippen LogP contribution in [0.3, 0.4) is 0 Å². The summed E-state index contributed by atoms with van der Waals surface area (Å²) in [5.74, 6) is 1.04. The molecule has 10 aromatic rings. The average Bonchev–Trinajstić information content (AvgIpc) is 2.37. The van der Waals surface area contributed by atoms with Gasteiger partial charge in [0.15, 0.2) is 11.3 Å². The Morgan fingerprint density at radius 3 is 1.45 bits per heavy atom. The lowest BCUT2D eigenvalue weighted by atomic mass is 9.98. The Morgan fingerprint density at radius 1 is 0.512 bits per heavy atom. The van der Waals surface area contributed by atoms with Crippen molar-refractivity contribution < 1.29 is 62.1 Å². The molecule has 440 valence electrons. The number of benzene rings is 6. The van der Waals surface area contributed by atoms with E-state index in [0.717, 1.165) is 28.6 Å². The highest BCUT2D eigenvalue weighted by molar-refractivity contribution is 7.92. The largest absolute Gasteiger partial charge is 0.455 e. The van der Waals surface area contributed by atoms with Crippen LogP contribution in [0.25, 0.3) is 44.5 Å². The zero-order chi connectivity index (χ0) is 61.2. The Labute approximate surface area is 496 Å². The van der Waals surface area contributed by atoms with Gasteiger partial charge in [0, 0.05) is 48.9 Å². The number of aromatic nitrogens is 8. The van der Waals surface area contributed by atoms with E-state index < -0.39 is 43.5 Å². The van der Waals surface area contributed by atoms with E-state index in [9.17, 15) is 43.2 Å².